The number of nitrogens with zero attached hydrogens (tertiary/aromatic N) is 1. The van der Waals surface area contributed by atoms with Gasteiger partial charge < -0.3 is 15.5 Å². The van der Waals surface area contributed by atoms with Gasteiger partial charge in [-0.25, -0.2) is 0 Å². The van der Waals surface area contributed by atoms with Crippen LogP contribution < -0.4 is 10.6 Å². The van der Waals surface area contributed by atoms with Gasteiger partial charge in [0.25, 0.3) is 0 Å². The molecule has 2 heterocycles. The second-order valence-electron chi connectivity index (χ2n) is 4.87. The van der Waals surface area contributed by atoms with Gasteiger partial charge in [-0.2, -0.15) is 0 Å². The molecular formula is C11H19N3O2. The predicted molar refractivity (Wildman–Crippen MR) is 59.8 cm³/mol. The molecule has 2 unspecified atom stereocenters. The maximum atomic E-state index is 12.1. The van der Waals surface area contributed by atoms with Gasteiger partial charge in [-0.15, -0.1) is 0 Å². The lowest BCUT2D eigenvalue weighted by Gasteiger charge is -2.37. The van der Waals surface area contributed by atoms with Gasteiger partial charge in [0.05, 0.1) is 0 Å². The van der Waals surface area contributed by atoms with Crippen molar-refractivity contribution in [1.82, 2.24) is 15.5 Å². The fourth-order valence-electron chi connectivity index (χ4n) is 2.53. The fourth-order valence-corrected chi connectivity index (χ4v) is 2.53. The summed E-state index contributed by atoms with van der Waals surface area (Å²) in [6.07, 6.45) is 1.12. The van der Waals surface area contributed by atoms with Crippen LogP contribution in [0.15, 0.2) is 0 Å². The lowest BCUT2D eigenvalue weighted by atomic mass is 10.1. The lowest BCUT2D eigenvalue weighted by molar-refractivity contribution is -0.136. The molecule has 2 fully saturated rings. The maximum absolute atomic E-state index is 12.1. The number of carbonyl (C=O) groups excluding carboxylic acids is 2. The first-order chi connectivity index (χ1) is 7.56. The van der Waals surface area contributed by atoms with Gasteiger partial charge >= 0.3 is 0 Å². The van der Waals surface area contributed by atoms with E-state index < -0.39 is 0 Å². The fraction of sp³-hybridized carbons (Fsp3) is 0.818. The highest BCUT2D eigenvalue weighted by Gasteiger charge is 2.33. The first kappa shape index (κ1) is 11.4. The summed E-state index contributed by atoms with van der Waals surface area (Å²) in [4.78, 5) is 25.1. The Balaban J connectivity index is 1.96. The second kappa shape index (κ2) is 4.41. The van der Waals surface area contributed by atoms with Crippen LogP contribution in [0, 0.1) is 0 Å². The summed E-state index contributed by atoms with van der Waals surface area (Å²) >= 11 is 0. The zero-order valence-corrected chi connectivity index (χ0v) is 9.82. The van der Waals surface area contributed by atoms with E-state index in [9.17, 15) is 9.59 Å². The van der Waals surface area contributed by atoms with Crippen LogP contribution in [0.3, 0.4) is 0 Å². The van der Waals surface area contributed by atoms with Crippen LogP contribution in [-0.4, -0.2) is 47.9 Å². The van der Waals surface area contributed by atoms with Crippen molar-refractivity contribution in [1.29, 1.82) is 0 Å². The van der Waals surface area contributed by atoms with E-state index >= 15 is 0 Å². The average Bonchev–Trinajstić information content (AvgIpc) is 2.62. The van der Waals surface area contributed by atoms with Crippen molar-refractivity contribution in [2.24, 2.45) is 0 Å². The molecule has 3 atom stereocenters. The highest BCUT2D eigenvalue weighted by molar-refractivity contribution is 5.90. The number of piperazine rings is 1. The molecule has 2 amide bonds. The lowest BCUT2D eigenvalue weighted by Crippen LogP contribution is -2.58. The zero-order chi connectivity index (χ0) is 11.7. The Morgan fingerprint density at radius 3 is 2.44 bits per heavy atom. The van der Waals surface area contributed by atoms with E-state index in [1.165, 1.54) is 0 Å². The van der Waals surface area contributed by atoms with Gasteiger partial charge in [-0.1, -0.05) is 0 Å². The first-order valence-corrected chi connectivity index (χ1v) is 5.90. The van der Waals surface area contributed by atoms with E-state index in [1.807, 2.05) is 4.90 Å². The van der Waals surface area contributed by atoms with E-state index in [0.29, 0.717) is 24.9 Å². The van der Waals surface area contributed by atoms with Gasteiger partial charge in [-0.3, -0.25) is 9.59 Å². The van der Waals surface area contributed by atoms with Crippen molar-refractivity contribution in [2.45, 2.75) is 44.8 Å². The Labute approximate surface area is 95.6 Å². The summed E-state index contributed by atoms with van der Waals surface area (Å²) in [7, 11) is 0. The van der Waals surface area contributed by atoms with E-state index in [1.54, 1.807) is 0 Å². The zero-order valence-electron chi connectivity index (χ0n) is 9.82. The van der Waals surface area contributed by atoms with Crippen LogP contribution in [0.1, 0.15) is 26.7 Å². The topological polar surface area (TPSA) is 61.4 Å². The smallest absolute Gasteiger partial charge is 0.245 e. The third-order valence-corrected chi connectivity index (χ3v) is 3.16. The van der Waals surface area contributed by atoms with Gasteiger partial charge in [0.1, 0.15) is 6.04 Å². The quantitative estimate of drug-likeness (QED) is 0.631. The third kappa shape index (κ3) is 2.35. The number of nitrogens with one attached hydrogen (secondary N) is 2. The van der Waals surface area contributed by atoms with Crippen molar-refractivity contribution in [3.8, 4) is 0 Å². The average molecular weight is 225 g/mol. The summed E-state index contributed by atoms with van der Waals surface area (Å²) in [6, 6.07) is 0.361. The van der Waals surface area contributed by atoms with E-state index in [0.717, 1.165) is 13.1 Å². The molecule has 2 aliphatic heterocycles. The maximum Gasteiger partial charge on any atom is 0.245 e. The Morgan fingerprint density at radius 1 is 1.31 bits per heavy atom. The molecule has 0 aromatic rings. The van der Waals surface area contributed by atoms with Gasteiger partial charge in [0.15, 0.2) is 0 Å². The van der Waals surface area contributed by atoms with Gasteiger partial charge in [0, 0.05) is 31.6 Å². The van der Waals surface area contributed by atoms with Crippen LogP contribution in [0.4, 0.5) is 0 Å². The summed E-state index contributed by atoms with van der Waals surface area (Å²) in [5, 5.41) is 6.11. The van der Waals surface area contributed by atoms with Crippen LogP contribution >= 0.6 is 0 Å². The Bertz CT molecular complexity index is 296. The van der Waals surface area contributed by atoms with Crippen molar-refractivity contribution < 1.29 is 9.59 Å². The number of carbonyl (C=O) groups is 2. The van der Waals surface area contributed by atoms with Crippen molar-refractivity contribution >= 4 is 11.8 Å². The number of rotatable bonds is 1. The molecule has 0 saturated carbocycles. The van der Waals surface area contributed by atoms with Crippen molar-refractivity contribution in [2.75, 3.05) is 13.1 Å². The molecule has 0 aliphatic carbocycles. The van der Waals surface area contributed by atoms with Crippen LogP contribution in [0.2, 0.25) is 0 Å². The minimum atomic E-state index is -0.287. The van der Waals surface area contributed by atoms with E-state index in [4.69, 9.17) is 0 Å². The number of amides is 2. The molecule has 16 heavy (non-hydrogen) atoms. The summed E-state index contributed by atoms with van der Waals surface area (Å²) in [6.45, 7) is 5.61. The third-order valence-electron chi connectivity index (χ3n) is 3.16. The van der Waals surface area contributed by atoms with Crippen LogP contribution in [0.25, 0.3) is 0 Å². The van der Waals surface area contributed by atoms with Crippen molar-refractivity contribution in [3.63, 3.8) is 0 Å². The minimum absolute atomic E-state index is 0.00502. The first-order valence-electron chi connectivity index (χ1n) is 5.90. The molecule has 2 N–H and O–H groups in total. The molecule has 2 aliphatic rings. The van der Waals surface area contributed by atoms with Gasteiger partial charge in [0.2, 0.25) is 11.8 Å². The molecule has 0 bridgehead atoms. The molecule has 5 heteroatoms. The molecule has 90 valence electrons. The SMILES string of the molecule is CC1CN(C(=O)[C@H]2CCC(=O)N2)CC(C)N1. The molecule has 5 nitrogen and oxygen atoms in total. The molecule has 0 aromatic heterocycles. The molecule has 2 rings (SSSR count). The van der Waals surface area contributed by atoms with E-state index in [2.05, 4.69) is 24.5 Å². The van der Waals surface area contributed by atoms with Crippen molar-refractivity contribution in [3.05, 3.63) is 0 Å². The minimum Gasteiger partial charge on any atom is -0.344 e. The van der Waals surface area contributed by atoms with Crippen LogP contribution in [0.5, 0.6) is 0 Å². The Kier molecular flexibility index (Phi) is 3.14. The number of hydrogen-bond acceptors (Lipinski definition) is 3. The summed E-state index contributed by atoms with van der Waals surface area (Å²) < 4.78 is 0. The highest BCUT2D eigenvalue weighted by Crippen LogP contribution is 2.12. The Morgan fingerprint density at radius 2 is 1.94 bits per heavy atom. The second-order valence-corrected chi connectivity index (χ2v) is 4.87. The summed E-state index contributed by atoms with van der Waals surface area (Å²) in [5.41, 5.74) is 0. The monoisotopic (exact) mass is 225 g/mol. The highest BCUT2D eigenvalue weighted by atomic mass is 16.2. The molecular weight excluding hydrogens is 206 g/mol. The number of hydrogen-bond donors (Lipinski definition) is 2. The van der Waals surface area contributed by atoms with Crippen LogP contribution in [-0.2, 0) is 9.59 Å². The van der Waals surface area contributed by atoms with E-state index in [-0.39, 0.29) is 17.9 Å². The predicted octanol–water partition coefficient (Wildman–Crippen LogP) is -0.526. The molecule has 0 radical (unpaired) electrons. The van der Waals surface area contributed by atoms with Gasteiger partial charge in [-0.05, 0) is 20.3 Å². The largest absolute Gasteiger partial charge is 0.344 e. The molecule has 0 aromatic carbocycles. The molecule has 0 spiro atoms. The normalized spacial score (nSPS) is 35.0. The molecule has 2 saturated heterocycles. The summed E-state index contributed by atoms with van der Waals surface area (Å²) in [5.74, 6) is 0.0700. The standard InChI is InChI=1S/C11H19N3O2/c1-7-5-14(6-8(2)12-7)11(16)9-3-4-10(15)13-9/h7-9,12H,3-6H2,1-2H3,(H,13,15)/t7?,8?,9-/m1/s1. The Hall–Kier alpha value is -1.10.